The van der Waals surface area contributed by atoms with E-state index in [0.29, 0.717) is 34.3 Å². The predicted molar refractivity (Wildman–Crippen MR) is 82.1 cm³/mol. The second-order valence-electron chi connectivity index (χ2n) is 6.09. The lowest BCUT2D eigenvalue weighted by Crippen LogP contribution is -2.40. The Kier molecular flexibility index (Phi) is 3.01. The SMILES string of the molecule is COC(=O)c1cccc2[nH]c3c(c12)C(=O)CN(C(=O)C1CC1)C3. The number of hydrogen-bond acceptors (Lipinski definition) is 4. The van der Waals surface area contributed by atoms with E-state index in [1.807, 2.05) is 6.07 Å². The van der Waals surface area contributed by atoms with Crippen molar-refractivity contribution in [2.75, 3.05) is 13.7 Å². The van der Waals surface area contributed by atoms with Crippen LogP contribution in [0.5, 0.6) is 0 Å². The summed E-state index contributed by atoms with van der Waals surface area (Å²) < 4.78 is 4.81. The molecule has 6 heteroatoms. The Bertz CT molecular complexity index is 848. The smallest absolute Gasteiger partial charge is 0.338 e. The third kappa shape index (κ3) is 2.13. The summed E-state index contributed by atoms with van der Waals surface area (Å²) in [4.78, 5) is 41.6. The van der Waals surface area contributed by atoms with Crippen molar-refractivity contribution in [2.24, 2.45) is 5.92 Å². The van der Waals surface area contributed by atoms with Crippen molar-refractivity contribution in [3.8, 4) is 0 Å². The summed E-state index contributed by atoms with van der Waals surface area (Å²) in [7, 11) is 1.32. The third-order valence-corrected chi connectivity index (χ3v) is 4.51. The highest BCUT2D eigenvalue weighted by Crippen LogP contribution is 2.35. The van der Waals surface area contributed by atoms with Gasteiger partial charge in [0.2, 0.25) is 5.91 Å². The van der Waals surface area contributed by atoms with Gasteiger partial charge in [0, 0.05) is 22.5 Å². The number of fused-ring (bicyclic) bond motifs is 3. The average molecular weight is 312 g/mol. The van der Waals surface area contributed by atoms with Gasteiger partial charge >= 0.3 is 5.97 Å². The van der Waals surface area contributed by atoms with Gasteiger partial charge in [-0.05, 0) is 25.0 Å². The van der Waals surface area contributed by atoms with E-state index in [4.69, 9.17) is 4.74 Å². The van der Waals surface area contributed by atoms with Crippen LogP contribution in [0.25, 0.3) is 10.9 Å². The number of Topliss-reactive ketones (excluding diaryl/α,β-unsaturated/α-hetero) is 1. The van der Waals surface area contributed by atoms with Crippen LogP contribution in [0.1, 0.15) is 39.3 Å². The molecule has 1 N–H and O–H groups in total. The van der Waals surface area contributed by atoms with Crippen LogP contribution in [0.4, 0.5) is 0 Å². The number of aromatic amines is 1. The van der Waals surface area contributed by atoms with Crippen LogP contribution in [0.3, 0.4) is 0 Å². The summed E-state index contributed by atoms with van der Waals surface area (Å²) in [6, 6.07) is 5.21. The fourth-order valence-corrected chi connectivity index (χ4v) is 3.25. The molecule has 1 aromatic heterocycles. The summed E-state index contributed by atoms with van der Waals surface area (Å²) in [5, 5.41) is 0.595. The van der Waals surface area contributed by atoms with Gasteiger partial charge in [0.05, 0.1) is 31.3 Å². The molecule has 1 aromatic carbocycles. The second-order valence-corrected chi connectivity index (χ2v) is 6.09. The number of H-pyrrole nitrogens is 1. The van der Waals surface area contributed by atoms with E-state index in [0.717, 1.165) is 12.8 Å². The lowest BCUT2D eigenvalue weighted by molar-refractivity contribution is -0.132. The number of carbonyl (C=O) groups is 3. The zero-order valence-corrected chi connectivity index (χ0v) is 12.7. The fourth-order valence-electron chi connectivity index (χ4n) is 3.25. The minimum absolute atomic E-state index is 0.0517. The fraction of sp³-hybridized carbons (Fsp3) is 0.353. The molecule has 1 aliphatic heterocycles. The molecule has 4 rings (SSSR count). The van der Waals surface area contributed by atoms with Gasteiger partial charge < -0.3 is 14.6 Å². The number of esters is 1. The Hall–Kier alpha value is -2.63. The van der Waals surface area contributed by atoms with Crippen LogP contribution < -0.4 is 0 Å². The molecule has 118 valence electrons. The Morgan fingerprint density at radius 2 is 2.04 bits per heavy atom. The lowest BCUT2D eigenvalue weighted by Gasteiger charge is -2.26. The minimum atomic E-state index is -0.471. The Morgan fingerprint density at radius 3 is 2.74 bits per heavy atom. The molecular formula is C17H16N2O4. The third-order valence-electron chi connectivity index (χ3n) is 4.51. The van der Waals surface area contributed by atoms with Crippen LogP contribution in [-0.4, -0.2) is 41.2 Å². The molecule has 1 aliphatic carbocycles. The van der Waals surface area contributed by atoms with Crippen molar-refractivity contribution in [1.29, 1.82) is 0 Å². The van der Waals surface area contributed by atoms with E-state index in [9.17, 15) is 14.4 Å². The van der Waals surface area contributed by atoms with E-state index in [2.05, 4.69) is 4.98 Å². The number of ether oxygens (including phenoxy) is 1. The van der Waals surface area contributed by atoms with Gasteiger partial charge in [0.25, 0.3) is 0 Å². The Balaban J connectivity index is 1.82. The number of ketones is 1. The number of nitrogens with zero attached hydrogens (tertiary/aromatic N) is 1. The number of nitrogens with one attached hydrogen (secondary N) is 1. The van der Waals surface area contributed by atoms with Crippen molar-refractivity contribution < 1.29 is 19.1 Å². The monoisotopic (exact) mass is 312 g/mol. The van der Waals surface area contributed by atoms with Crippen LogP contribution >= 0.6 is 0 Å². The molecule has 6 nitrogen and oxygen atoms in total. The Labute approximate surface area is 132 Å². The standard InChI is InChI=1S/C17H16N2O4/c1-23-17(22)10-3-2-4-11-14(10)15-12(18-11)7-19(8-13(15)20)16(21)9-5-6-9/h2-4,9,18H,5-8H2,1H3. The van der Waals surface area contributed by atoms with Gasteiger partial charge in [-0.15, -0.1) is 0 Å². The van der Waals surface area contributed by atoms with Crippen LogP contribution in [-0.2, 0) is 16.1 Å². The predicted octanol–water partition coefficient (Wildman–Crippen LogP) is 1.89. The van der Waals surface area contributed by atoms with Crippen molar-refractivity contribution in [1.82, 2.24) is 9.88 Å². The maximum atomic E-state index is 12.6. The van der Waals surface area contributed by atoms with Gasteiger partial charge in [0.1, 0.15) is 0 Å². The van der Waals surface area contributed by atoms with E-state index < -0.39 is 5.97 Å². The highest BCUT2D eigenvalue weighted by molar-refractivity contribution is 6.17. The number of benzene rings is 1. The molecule has 0 spiro atoms. The molecule has 2 aromatic rings. The van der Waals surface area contributed by atoms with E-state index >= 15 is 0 Å². The topological polar surface area (TPSA) is 79.5 Å². The summed E-state index contributed by atoms with van der Waals surface area (Å²) >= 11 is 0. The highest BCUT2D eigenvalue weighted by Gasteiger charge is 2.38. The summed E-state index contributed by atoms with van der Waals surface area (Å²) in [6.45, 7) is 0.455. The quantitative estimate of drug-likeness (QED) is 0.859. The maximum absolute atomic E-state index is 12.6. The van der Waals surface area contributed by atoms with Crippen molar-refractivity contribution in [2.45, 2.75) is 19.4 Å². The first-order valence-corrected chi connectivity index (χ1v) is 7.64. The van der Waals surface area contributed by atoms with Gasteiger partial charge in [-0.2, -0.15) is 0 Å². The van der Waals surface area contributed by atoms with Crippen LogP contribution in [0.2, 0.25) is 0 Å². The number of carbonyl (C=O) groups excluding carboxylic acids is 3. The molecule has 1 fully saturated rings. The van der Waals surface area contributed by atoms with Gasteiger partial charge in [-0.1, -0.05) is 6.07 Å². The van der Waals surface area contributed by atoms with Gasteiger partial charge in [0.15, 0.2) is 5.78 Å². The molecule has 0 bridgehead atoms. The molecule has 0 radical (unpaired) electrons. The summed E-state index contributed by atoms with van der Waals surface area (Å²) in [5.74, 6) is -0.472. The number of methoxy groups -OCH3 is 1. The molecule has 1 amide bonds. The summed E-state index contributed by atoms with van der Waals surface area (Å²) in [6.07, 6.45) is 1.82. The van der Waals surface area contributed by atoms with Crippen molar-refractivity contribution in [3.05, 3.63) is 35.0 Å². The first-order chi connectivity index (χ1) is 11.1. The number of hydrogen-bond donors (Lipinski definition) is 1. The molecule has 0 saturated heterocycles. The van der Waals surface area contributed by atoms with E-state index in [1.54, 1.807) is 17.0 Å². The van der Waals surface area contributed by atoms with E-state index in [-0.39, 0.29) is 24.2 Å². The molecule has 2 heterocycles. The van der Waals surface area contributed by atoms with Crippen LogP contribution in [0.15, 0.2) is 18.2 Å². The number of amides is 1. The molecule has 2 aliphatic rings. The second kappa shape index (κ2) is 4.94. The van der Waals surface area contributed by atoms with Gasteiger partial charge in [-0.3, -0.25) is 9.59 Å². The minimum Gasteiger partial charge on any atom is -0.465 e. The molecule has 23 heavy (non-hydrogen) atoms. The first kappa shape index (κ1) is 14.0. The first-order valence-electron chi connectivity index (χ1n) is 7.64. The molecule has 1 saturated carbocycles. The zero-order valence-electron chi connectivity index (χ0n) is 12.7. The van der Waals surface area contributed by atoms with E-state index in [1.165, 1.54) is 7.11 Å². The zero-order chi connectivity index (χ0) is 16.1. The van der Waals surface area contributed by atoms with Crippen molar-refractivity contribution in [3.63, 3.8) is 0 Å². The Morgan fingerprint density at radius 1 is 1.26 bits per heavy atom. The average Bonchev–Trinajstić information content (AvgIpc) is 3.32. The number of rotatable bonds is 2. The normalized spacial score (nSPS) is 17.3. The largest absolute Gasteiger partial charge is 0.465 e. The maximum Gasteiger partial charge on any atom is 0.338 e. The lowest BCUT2D eigenvalue weighted by atomic mass is 9.98. The van der Waals surface area contributed by atoms with Crippen molar-refractivity contribution >= 4 is 28.6 Å². The van der Waals surface area contributed by atoms with Crippen LogP contribution in [0, 0.1) is 5.92 Å². The van der Waals surface area contributed by atoms with Gasteiger partial charge in [-0.25, -0.2) is 4.79 Å². The molecule has 0 atom stereocenters. The summed E-state index contributed by atoms with van der Waals surface area (Å²) in [5.41, 5.74) is 2.30. The molecular weight excluding hydrogens is 296 g/mol. The number of aromatic nitrogens is 1. The molecule has 0 unspecified atom stereocenters. The highest BCUT2D eigenvalue weighted by atomic mass is 16.5.